The van der Waals surface area contributed by atoms with Crippen LogP contribution in [0.3, 0.4) is 0 Å². The number of aromatic nitrogens is 2. The van der Waals surface area contributed by atoms with Crippen LogP contribution < -0.4 is 5.32 Å². The Morgan fingerprint density at radius 2 is 2.24 bits per heavy atom. The maximum Gasteiger partial charge on any atom is 0.237 e. The summed E-state index contributed by atoms with van der Waals surface area (Å²) >= 11 is 0. The van der Waals surface area contributed by atoms with E-state index in [2.05, 4.69) is 22.2 Å². The van der Waals surface area contributed by atoms with Crippen molar-refractivity contribution in [3.8, 4) is 0 Å². The quantitative estimate of drug-likeness (QED) is 0.902. The molecule has 1 aliphatic rings. The molecule has 0 aromatic carbocycles. The lowest BCUT2D eigenvalue weighted by atomic mass is 9.86. The van der Waals surface area contributed by atoms with Crippen LogP contribution in [0.2, 0.25) is 0 Å². The van der Waals surface area contributed by atoms with Gasteiger partial charge in [0.2, 0.25) is 5.91 Å². The van der Waals surface area contributed by atoms with Gasteiger partial charge in [-0.3, -0.25) is 14.4 Å². The van der Waals surface area contributed by atoms with E-state index in [0.29, 0.717) is 12.0 Å². The molecule has 1 N–H and O–H groups in total. The van der Waals surface area contributed by atoms with Crippen molar-refractivity contribution in [3.63, 3.8) is 0 Å². The molecule has 3 unspecified atom stereocenters. The van der Waals surface area contributed by atoms with Crippen LogP contribution in [0.15, 0.2) is 12.4 Å². The molecule has 1 aliphatic carbocycles. The van der Waals surface area contributed by atoms with Crippen molar-refractivity contribution in [1.82, 2.24) is 20.0 Å². The van der Waals surface area contributed by atoms with E-state index in [1.807, 2.05) is 33.4 Å². The molecule has 0 bridgehead atoms. The summed E-state index contributed by atoms with van der Waals surface area (Å²) < 4.78 is 1.79. The third kappa shape index (κ3) is 4.30. The van der Waals surface area contributed by atoms with Gasteiger partial charge < -0.3 is 5.32 Å². The van der Waals surface area contributed by atoms with Gasteiger partial charge in [-0.25, -0.2) is 0 Å². The van der Waals surface area contributed by atoms with Crippen molar-refractivity contribution in [1.29, 1.82) is 0 Å². The normalized spacial score (nSPS) is 24.0. The largest absolute Gasteiger partial charge is 0.352 e. The van der Waals surface area contributed by atoms with Gasteiger partial charge >= 0.3 is 0 Å². The molecule has 0 saturated heterocycles. The second-order valence-electron chi connectivity index (χ2n) is 6.49. The molecule has 5 heteroatoms. The summed E-state index contributed by atoms with van der Waals surface area (Å²) in [4.78, 5) is 14.5. The van der Waals surface area contributed by atoms with E-state index in [9.17, 15) is 4.79 Å². The van der Waals surface area contributed by atoms with Gasteiger partial charge in [0.1, 0.15) is 0 Å². The summed E-state index contributed by atoms with van der Waals surface area (Å²) in [5.74, 6) is 0.735. The topological polar surface area (TPSA) is 50.2 Å². The Morgan fingerprint density at radius 3 is 2.86 bits per heavy atom. The van der Waals surface area contributed by atoms with Crippen molar-refractivity contribution in [2.24, 2.45) is 13.0 Å². The van der Waals surface area contributed by atoms with E-state index in [0.717, 1.165) is 18.5 Å². The molecule has 0 spiro atoms. The third-order valence-corrected chi connectivity index (χ3v) is 4.67. The number of amides is 1. The van der Waals surface area contributed by atoms with Gasteiger partial charge in [0.25, 0.3) is 0 Å². The van der Waals surface area contributed by atoms with Gasteiger partial charge in [-0.2, -0.15) is 5.10 Å². The highest BCUT2D eigenvalue weighted by molar-refractivity contribution is 5.81. The van der Waals surface area contributed by atoms with Crippen LogP contribution >= 0.6 is 0 Å². The fourth-order valence-corrected chi connectivity index (χ4v) is 3.01. The first-order valence-electron chi connectivity index (χ1n) is 7.95. The standard InChI is InChI=1S/C16H28N4O/c1-12-7-5-6-8-15(12)18-16(21)13(2)19(3)10-14-9-17-20(4)11-14/h9,11-13,15H,5-8,10H2,1-4H3,(H,18,21). The van der Waals surface area contributed by atoms with Crippen LogP contribution in [0.25, 0.3) is 0 Å². The van der Waals surface area contributed by atoms with E-state index >= 15 is 0 Å². The lowest BCUT2D eigenvalue weighted by Crippen LogP contribution is -2.49. The highest BCUT2D eigenvalue weighted by Gasteiger charge is 2.26. The molecule has 5 nitrogen and oxygen atoms in total. The molecule has 118 valence electrons. The molecule has 0 aliphatic heterocycles. The van der Waals surface area contributed by atoms with Gasteiger partial charge in [0, 0.05) is 31.4 Å². The number of hydrogen-bond donors (Lipinski definition) is 1. The highest BCUT2D eigenvalue weighted by Crippen LogP contribution is 2.23. The Kier molecular flexibility index (Phi) is 5.39. The predicted molar refractivity (Wildman–Crippen MR) is 83.7 cm³/mol. The van der Waals surface area contributed by atoms with Crippen molar-refractivity contribution in [2.45, 2.75) is 58.2 Å². The minimum Gasteiger partial charge on any atom is -0.352 e. The Hall–Kier alpha value is -1.36. The Labute approximate surface area is 127 Å². The van der Waals surface area contributed by atoms with E-state index in [1.54, 1.807) is 4.68 Å². The lowest BCUT2D eigenvalue weighted by molar-refractivity contribution is -0.126. The Balaban J connectivity index is 1.85. The summed E-state index contributed by atoms with van der Waals surface area (Å²) in [6.45, 7) is 4.95. The molecule has 21 heavy (non-hydrogen) atoms. The van der Waals surface area contributed by atoms with Gasteiger partial charge in [-0.15, -0.1) is 0 Å². The average molecular weight is 292 g/mol. The number of carbonyl (C=O) groups excluding carboxylic acids is 1. The van der Waals surface area contributed by atoms with Crippen LogP contribution in [0.5, 0.6) is 0 Å². The molecule has 1 aromatic rings. The molecule has 2 rings (SSSR count). The summed E-state index contributed by atoms with van der Waals surface area (Å²) in [5, 5.41) is 7.41. The first-order chi connectivity index (χ1) is 9.97. The van der Waals surface area contributed by atoms with Crippen molar-refractivity contribution in [3.05, 3.63) is 18.0 Å². The summed E-state index contributed by atoms with van der Waals surface area (Å²) in [6, 6.07) is 0.222. The Morgan fingerprint density at radius 1 is 1.52 bits per heavy atom. The number of hydrogen-bond acceptors (Lipinski definition) is 3. The average Bonchev–Trinajstić information content (AvgIpc) is 2.85. The second-order valence-corrected chi connectivity index (χ2v) is 6.49. The van der Waals surface area contributed by atoms with Crippen LogP contribution in [0.1, 0.15) is 45.1 Å². The molecule has 0 radical (unpaired) electrons. The highest BCUT2D eigenvalue weighted by atomic mass is 16.2. The van der Waals surface area contributed by atoms with Gasteiger partial charge in [0.05, 0.1) is 12.2 Å². The first-order valence-corrected chi connectivity index (χ1v) is 7.95. The van der Waals surface area contributed by atoms with E-state index < -0.39 is 0 Å². The van der Waals surface area contributed by atoms with Gasteiger partial charge in [-0.1, -0.05) is 19.8 Å². The number of rotatable bonds is 5. The summed E-state index contributed by atoms with van der Waals surface area (Å²) in [5.41, 5.74) is 1.13. The zero-order valence-electron chi connectivity index (χ0n) is 13.7. The summed E-state index contributed by atoms with van der Waals surface area (Å²) in [6.07, 6.45) is 8.71. The smallest absolute Gasteiger partial charge is 0.237 e. The molecule has 3 atom stereocenters. The maximum atomic E-state index is 12.4. The zero-order valence-corrected chi connectivity index (χ0v) is 13.7. The summed E-state index contributed by atoms with van der Waals surface area (Å²) in [7, 11) is 3.89. The molecule has 1 aromatic heterocycles. The van der Waals surface area contributed by atoms with Crippen molar-refractivity contribution >= 4 is 5.91 Å². The van der Waals surface area contributed by atoms with Crippen molar-refractivity contribution in [2.75, 3.05) is 7.05 Å². The van der Waals surface area contributed by atoms with Crippen molar-refractivity contribution < 1.29 is 4.79 Å². The second kappa shape index (κ2) is 7.07. The molecular formula is C16H28N4O. The predicted octanol–water partition coefficient (Wildman–Crippen LogP) is 1.94. The SMILES string of the molecule is CC1CCCCC1NC(=O)C(C)N(C)Cc1cnn(C)c1. The fraction of sp³-hybridized carbons (Fsp3) is 0.750. The molecule has 1 amide bonds. The van der Waals surface area contributed by atoms with Gasteiger partial charge in [-0.05, 0) is 32.7 Å². The van der Waals surface area contributed by atoms with Gasteiger partial charge in [0.15, 0.2) is 0 Å². The van der Waals surface area contributed by atoms with E-state index in [4.69, 9.17) is 0 Å². The first kappa shape index (κ1) is 16.0. The minimum absolute atomic E-state index is 0.126. The zero-order chi connectivity index (χ0) is 15.4. The number of aryl methyl sites for hydroxylation is 1. The monoisotopic (exact) mass is 292 g/mol. The Bertz CT molecular complexity index is 471. The number of carbonyl (C=O) groups is 1. The van der Waals surface area contributed by atoms with Crippen LogP contribution in [-0.4, -0.2) is 39.7 Å². The molecule has 1 heterocycles. The lowest BCUT2D eigenvalue weighted by Gasteiger charge is -2.32. The number of nitrogens with one attached hydrogen (secondary N) is 1. The van der Waals surface area contributed by atoms with Crippen LogP contribution in [-0.2, 0) is 18.4 Å². The fourth-order valence-electron chi connectivity index (χ4n) is 3.01. The van der Waals surface area contributed by atoms with Crippen LogP contribution in [0, 0.1) is 5.92 Å². The van der Waals surface area contributed by atoms with E-state index in [1.165, 1.54) is 19.3 Å². The van der Waals surface area contributed by atoms with Crippen LogP contribution in [0.4, 0.5) is 0 Å². The maximum absolute atomic E-state index is 12.4. The number of likely N-dealkylation sites (N-methyl/N-ethyl adjacent to an activating group) is 1. The third-order valence-electron chi connectivity index (χ3n) is 4.67. The number of nitrogens with zero attached hydrogens (tertiary/aromatic N) is 3. The molecule has 1 saturated carbocycles. The molecule has 1 fully saturated rings. The minimum atomic E-state index is -0.126. The molecular weight excluding hydrogens is 264 g/mol. The van der Waals surface area contributed by atoms with E-state index in [-0.39, 0.29) is 11.9 Å².